The highest BCUT2D eigenvalue weighted by Crippen LogP contribution is 2.36. The van der Waals surface area contributed by atoms with Gasteiger partial charge in [-0.05, 0) is 62.2 Å². The molecule has 4 aromatic rings. The van der Waals surface area contributed by atoms with Gasteiger partial charge < -0.3 is 10.4 Å². The largest absolute Gasteiger partial charge is 0.505 e. The molecule has 4 heteroatoms. The van der Waals surface area contributed by atoms with Crippen LogP contribution >= 0.6 is 0 Å². The Labute approximate surface area is 164 Å². The Morgan fingerprint density at radius 2 is 1.71 bits per heavy atom. The number of nitrogens with one attached hydrogen (secondary N) is 1. The van der Waals surface area contributed by atoms with Gasteiger partial charge >= 0.3 is 0 Å². The van der Waals surface area contributed by atoms with Crippen LogP contribution in [-0.2, 0) is 0 Å². The van der Waals surface area contributed by atoms with Gasteiger partial charge in [-0.25, -0.2) is 4.98 Å². The summed E-state index contributed by atoms with van der Waals surface area (Å²) >= 11 is 0. The zero-order chi connectivity index (χ0) is 19.7. The van der Waals surface area contributed by atoms with E-state index in [1.54, 1.807) is 6.20 Å². The minimum atomic E-state index is -0.296. The van der Waals surface area contributed by atoms with Crippen molar-refractivity contribution >= 4 is 16.6 Å². The first-order valence-corrected chi connectivity index (χ1v) is 9.37. The Morgan fingerprint density at radius 3 is 2.46 bits per heavy atom. The van der Waals surface area contributed by atoms with Crippen molar-refractivity contribution in [2.75, 3.05) is 5.32 Å². The predicted molar refractivity (Wildman–Crippen MR) is 114 cm³/mol. The van der Waals surface area contributed by atoms with Gasteiger partial charge in [0.25, 0.3) is 0 Å². The van der Waals surface area contributed by atoms with E-state index in [2.05, 4.69) is 47.3 Å². The molecule has 4 nitrogen and oxygen atoms in total. The standard InChI is InChI=1S/C24H23N3O/c1-15-7-11-19(14-16(15)2)27-23(21-6-4-5-13-25-21)20-12-10-18-9-8-17(3)26-22(18)24(20)28/h4-14,23,27-28H,1-3H3. The summed E-state index contributed by atoms with van der Waals surface area (Å²) in [6.07, 6.45) is 1.77. The van der Waals surface area contributed by atoms with E-state index in [9.17, 15) is 5.11 Å². The number of nitrogens with zero attached hydrogens (tertiary/aromatic N) is 2. The van der Waals surface area contributed by atoms with Crippen LogP contribution in [0.5, 0.6) is 5.75 Å². The van der Waals surface area contributed by atoms with Crippen LogP contribution < -0.4 is 5.32 Å². The summed E-state index contributed by atoms with van der Waals surface area (Å²) in [6, 6.07) is 19.7. The lowest BCUT2D eigenvalue weighted by Crippen LogP contribution is -2.14. The molecule has 0 bridgehead atoms. The molecule has 4 rings (SSSR count). The van der Waals surface area contributed by atoms with E-state index in [0.717, 1.165) is 28.0 Å². The summed E-state index contributed by atoms with van der Waals surface area (Å²) in [4.78, 5) is 9.08. The van der Waals surface area contributed by atoms with Crippen LogP contribution in [0.2, 0.25) is 0 Å². The van der Waals surface area contributed by atoms with Gasteiger partial charge in [-0.3, -0.25) is 4.98 Å². The monoisotopic (exact) mass is 369 g/mol. The van der Waals surface area contributed by atoms with Gasteiger partial charge in [-0.15, -0.1) is 0 Å². The molecule has 0 saturated heterocycles. The number of aryl methyl sites for hydroxylation is 3. The molecule has 0 saturated carbocycles. The first-order chi connectivity index (χ1) is 13.5. The molecule has 1 unspecified atom stereocenters. The number of benzene rings is 2. The summed E-state index contributed by atoms with van der Waals surface area (Å²) in [6.45, 7) is 6.12. The van der Waals surface area contributed by atoms with E-state index in [-0.39, 0.29) is 11.8 Å². The third-order valence-electron chi connectivity index (χ3n) is 5.12. The molecule has 0 aliphatic rings. The maximum atomic E-state index is 11.1. The van der Waals surface area contributed by atoms with Crippen molar-refractivity contribution in [3.05, 3.63) is 94.9 Å². The zero-order valence-electron chi connectivity index (χ0n) is 16.3. The van der Waals surface area contributed by atoms with Gasteiger partial charge in [0.15, 0.2) is 0 Å². The number of hydrogen-bond donors (Lipinski definition) is 2. The quantitative estimate of drug-likeness (QED) is 0.501. The van der Waals surface area contributed by atoms with Crippen LogP contribution in [-0.4, -0.2) is 15.1 Å². The number of hydrogen-bond acceptors (Lipinski definition) is 4. The topological polar surface area (TPSA) is 58.0 Å². The maximum Gasteiger partial charge on any atom is 0.147 e. The number of aromatic hydroxyl groups is 1. The minimum Gasteiger partial charge on any atom is -0.505 e. The lowest BCUT2D eigenvalue weighted by Gasteiger charge is -2.22. The van der Waals surface area contributed by atoms with Crippen LogP contribution in [0.3, 0.4) is 0 Å². The minimum absolute atomic E-state index is 0.188. The van der Waals surface area contributed by atoms with Gasteiger partial charge in [-0.1, -0.05) is 30.3 Å². The van der Waals surface area contributed by atoms with Crippen molar-refractivity contribution in [1.29, 1.82) is 0 Å². The van der Waals surface area contributed by atoms with Crippen LogP contribution in [0, 0.1) is 20.8 Å². The molecule has 0 amide bonds. The summed E-state index contributed by atoms with van der Waals surface area (Å²) in [7, 11) is 0. The van der Waals surface area contributed by atoms with Crippen molar-refractivity contribution in [3.63, 3.8) is 0 Å². The Morgan fingerprint density at radius 1 is 0.893 bits per heavy atom. The van der Waals surface area contributed by atoms with Gasteiger partial charge in [-0.2, -0.15) is 0 Å². The maximum absolute atomic E-state index is 11.1. The average molecular weight is 369 g/mol. The number of fused-ring (bicyclic) bond motifs is 1. The number of phenols is 1. The molecule has 0 aliphatic heterocycles. The van der Waals surface area contributed by atoms with E-state index in [1.165, 1.54) is 11.1 Å². The third-order valence-corrected chi connectivity index (χ3v) is 5.12. The first kappa shape index (κ1) is 18.0. The van der Waals surface area contributed by atoms with E-state index in [0.29, 0.717) is 5.52 Å². The molecule has 28 heavy (non-hydrogen) atoms. The zero-order valence-corrected chi connectivity index (χ0v) is 16.3. The molecule has 2 aromatic heterocycles. The fraction of sp³-hybridized carbons (Fsp3) is 0.167. The van der Waals surface area contributed by atoms with Crippen LogP contribution in [0.15, 0.2) is 66.9 Å². The van der Waals surface area contributed by atoms with E-state index in [4.69, 9.17) is 0 Å². The molecule has 2 N–H and O–H groups in total. The lowest BCUT2D eigenvalue weighted by molar-refractivity contribution is 0.471. The molecular formula is C24H23N3O. The Balaban J connectivity index is 1.85. The lowest BCUT2D eigenvalue weighted by atomic mass is 9.98. The first-order valence-electron chi connectivity index (χ1n) is 9.37. The van der Waals surface area contributed by atoms with Crippen LogP contribution in [0.4, 0.5) is 5.69 Å². The van der Waals surface area contributed by atoms with Crippen molar-refractivity contribution in [1.82, 2.24) is 9.97 Å². The number of pyridine rings is 2. The molecule has 140 valence electrons. The molecule has 1 atom stereocenters. The van der Waals surface area contributed by atoms with Crippen molar-refractivity contribution in [3.8, 4) is 5.75 Å². The number of phenolic OH excluding ortho intramolecular Hbond substituents is 1. The SMILES string of the molecule is Cc1ccc2ccc(C(Nc3ccc(C)c(C)c3)c3ccccn3)c(O)c2n1. The Hall–Kier alpha value is -3.40. The van der Waals surface area contributed by atoms with Crippen LogP contribution in [0.25, 0.3) is 10.9 Å². The highest BCUT2D eigenvalue weighted by molar-refractivity contribution is 5.86. The molecule has 0 radical (unpaired) electrons. The fourth-order valence-electron chi connectivity index (χ4n) is 3.38. The molecule has 0 aliphatic carbocycles. The van der Waals surface area contributed by atoms with Gasteiger partial charge in [0.1, 0.15) is 11.3 Å². The average Bonchev–Trinajstić information content (AvgIpc) is 2.71. The second-order valence-corrected chi connectivity index (χ2v) is 7.16. The molecule has 2 aromatic carbocycles. The van der Waals surface area contributed by atoms with E-state index in [1.807, 2.05) is 49.4 Å². The third kappa shape index (κ3) is 3.41. The fourth-order valence-corrected chi connectivity index (χ4v) is 3.38. The highest BCUT2D eigenvalue weighted by Gasteiger charge is 2.21. The smallest absolute Gasteiger partial charge is 0.147 e. The van der Waals surface area contributed by atoms with Crippen LogP contribution in [0.1, 0.15) is 34.1 Å². The van der Waals surface area contributed by atoms with Crippen molar-refractivity contribution in [2.45, 2.75) is 26.8 Å². The van der Waals surface area contributed by atoms with E-state index < -0.39 is 0 Å². The molecule has 0 fully saturated rings. The normalized spacial score (nSPS) is 12.1. The summed E-state index contributed by atoms with van der Waals surface area (Å²) in [5.74, 6) is 0.188. The molecule has 0 spiro atoms. The Bertz CT molecular complexity index is 1140. The number of anilines is 1. The molecular weight excluding hydrogens is 346 g/mol. The Kier molecular flexibility index (Phi) is 4.70. The number of rotatable bonds is 4. The van der Waals surface area contributed by atoms with Gasteiger partial charge in [0, 0.05) is 28.5 Å². The van der Waals surface area contributed by atoms with E-state index >= 15 is 0 Å². The van der Waals surface area contributed by atoms with Gasteiger partial charge in [0.2, 0.25) is 0 Å². The number of aromatic nitrogens is 2. The second kappa shape index (κ2) is 7.31. The predicted octanol–water partition coefficient (Wildman–Crippen LogP) is 5.46. The summed E-state index contributed by atoms with van der Waals surface area (Å²) in [5.41, 5.74) is 6.51. The summed E-state index contributed by atoms with van der Waals surface area (Å²) < 4.78 is 0. The highest BCUT2D eigenvalue weighted by atomic mass is 16.3. The molecule has 2 heterocycles. The van der Waals surface area contributed by atoms with Crippen molar-refractivity contribution in [2.24, 2.45) is 0 Å². The van der Waals surface area contributed by atoms with Gasteiger partial charge in [0.05, 0.1) is 11.7 Å². The summed E-state index contributed by atoms with van der Waals surface area (Å²) in [5, 5.41) is 15.5. The second-order valence-electron chi connectivity index (χ2n) is 7.16. The van der Waals surface area contributed by atoms with Crippen molar-refractivity contribution < 1.29 is 5.11 Å².